The molecule has 1 aliphatic carbocycles. The quantitative estimate of drug-likeness (QED) is 0.150. The topological polar surface area (TPSA) is 121 Å². The average molecular weight is 667 g/mol. The molecular formula is C39H46N4O4S. The summed E-state index contributed by atoms with van der Waals surface area (Å²) in [5, 5.41) is 14.6. The molecule has 0 spiro atoms. The van der Waals surface area contributed by atoms with Crippen molar-refractivity contribution in [3.8, 4) is 22.5 Å². The zero-order chi connectivity index (χ0) is 34.4. The lowest BCUT2D eigenvalue weighted by Gasteiger charge is -2.28. The lowest BCUT2D eigenvalue weighted by molar-refractivity contribution is -0.141. The molecule has 48 heavy (non-hydrogen) atoms. The molecule has 9 heteroatoms. The highest BCUT2D eigenvalue weighted by Crippen LogP contribution is 2.37. The monoisotopic (exact) mass is 666 g/mol. The van der Waals surface area contributed by atoms with Gasteiger partial charge in [0.2, 0.25) is 5.91 Å². The van der Waals surface area contributed by atoms with Crippen LogP contribution in [0.4, 0.5) is 0 Å². The molecule has 3 N–H and O–H groups in total. The van der Waals surface area contributed by atoms with Gasteiger partial charge in [0.05, 0.1) is 4.88 Å². The predicted octanol–water partition coefficient (Wildman–Crippen LogP) is 7.78. The van der Waals surface area contributed by atoms with Crippen molar-refractivity contribution >= 4 is 29.1 Å². The molecule has 0 unspecified atom stereocenters. The molecule has 2 aromatic carbocycles. The largest absolute Gasteiger partial charge is 0.480 e. The van der Waals surface area contributed by atoms with E-state index in [1.165, 1.54) is 55.9 Å². The molecule has 8 nitrogen and oxygen atoms in total. The molecule has 1 fully saturated rings. The molecule has 252 valence electrons. The van der Waals surface area contributed by atoms with Gasteiger partial charge in [-0.2, -0.15) is 0 Å². The van der Waals surface area contributed by atoms with Gasteiger partial charge in [-0.05, 0) is 78.7 Å². The molecule has 2 amide bonds. The summed E-state index contributed by atoms with van der Waals surface area (Å²) in [6.45, 7) is 9.91. The molecule has 0 aliphatic heterocycles. The van der Waals surface area contributed by atoms with E-state index in [1.54, 1.807) is 6.07 Å². The Bertz CT molecular complexity index is 1700. The smallest absolute Gasteiger partial charge is 0.325 e. The minimum Gasteiger partial charge on any atom is -0.480 e. The number of aromatic nitrogens is 2. The number of hydrogen-bond donors (Lipinski definition) is 3. The van der Waals surface area contributed by atoms with Gasteiger partial charge in [0.15, 0.2) is 5.82 Å². The second-order valence-corrected chi connectivity index (χ2v) is 15.0. The number of amides is 2. The molecular weight excluding hydrogens is 621 g/mol. The molecule has 5 rings (SSSR count). The molecule has 2 aromatic heterocycles. The van der Waals surface area contributed by atoms with Crippen LogP contribution in [0.5, 0.6) is 0 Å². The maximum Gasteiger partial charge on any atom is 0.325 e. The van der Waals surface area contributed by atoms with E-state index in [-0.39, 0.29) is 17.7 Å². The average Bonchev–Trinajstić information content (AvgIpc) is 3.60. The van der Waals surface area contributed by atoms with E-state index in [9.17, 15) is 19.5 Å². The highest BCUT2D eigenvalue weighted by atomic mass is 32.1. The summed E-state index contributed by atoms with van der Waals surface area (Å²) in [7, 11) is 0. The number of rotatable bonds is 11. The normalized spacial score (nSPS) is 17.7. The number of carbonyl (C=O) groups excluding carboxylic acids is 2. The summed E-state index contributed by atoms with van der Waals surface area (Å²) in [6.07, 6.45) is 10.3. The minimum absolute atomic E-state index is 0.110. The number of nitrogens with zero attached hydrogens (tertiary/aromatic N) is 2. The van der Waals surface area contributed by atoms with Crippen LogP contribution < -0.4 is 10.6 Å². The summed E-state index contributed by atoms with van der Waals surface area (Å²) in [5.74, 6) is 0.0265. The number of benzene rings is 2. The van der Waals surface area contributed by atoms with Crippen LogP contribution in [0.25, 0.3) is 22.5 Å². The zero-order valence-corrected chi connectivity index (χ0v) is 29.3. The Labute approximate surface area is 287 Å². The summed E-state index contributed by atoms with van der Waals surface area (Å²) >= 11 is 1.38. The van der Waals surface area contributed by atoms with Gasteiger partial charge in [-0.15, -0.1) is 11.3 Å². The maximum atomic E-state index is 13.2. The van der Waals surface area contributed by atoms with Crippen molar-refractivity contribution in [3.05, 3.63) is 93.9 Å². The Morgan fingerprint density at radius 1 is 0.854 bits per heavy atom. The Morgan fingerprint density at radius 3 is 2.04 bits per heavy atom. The first-order valence-corrected chi connectivity index (χ1v) is 17.7. The summed E-state index contributed by atoms with van der Waals surface area (Å²) in [4.78, 5) is 48.5. The number of nitrogens with one attached hydrogen (secondary N) is 2. The number of thiophene rings is 1. The van der Waals surface area contributed by atoms with E-state index < -0.39 is 24.0 Å². The van der Waals surface area contributed by atoms with Crippen LogP contribution >= 0.6 is 11.3 Å². The lowest BCUT2D eigenvalue weighted by Crippen LogP contribution is -2.51. The predicted molar refractivity (Wildman–Crippen MR) is 191 cm³/mol. The molecule has 0 bridgehead atoms. The van der Waals surface area contributed by atoms with Gasteiger partial charge in [0.25, 0.3) is 5.91 Å². The van der Waals surface area contributed by atoms with E-state index >= 15 is 0 Å². The highest BCUT2D eigenvalue weighted by Gasteiger charge is 2.27. The molecule has 1 aliphatic rings. The maximum absolute atomic E-state index is 13.2. The standard InChI is InChI=1S/C39H46N4O4S/c1-6-25-7-11-27(12-8-25)28-15-17-29(18-16-28)31-22-40-35(41-23-31)30-13-9-26(10-14-30)21-32(36(44)42-24(2)38(46)47)43-37(45)33-19-20-34(48-33)39(3,4)5/h9-10,13-20,22-25,27,32H,6-8,11-12,21H2,1-5H3,(H,42,44)(H,43,45)(H,46,47)/t24-,25?,27?,32-/m1/s1. The molecule has 1 saturated carbocycles. The van der Waals surface area contributed by atoms with Crippen molar-refractivity contribution in [3.63, 3.8) is 0 Å². The number of aliphatic carboxylic acids is 1. The Kier molecular flexibility index (Phi) is 11.1. The van der Waals surface area contributed by atoms with E-state index in [0.717, 1.165) is 33.0 Å². The van der Waals surface area contributed by atoms with Crippen LogP contribution in [0.1, 0.15) is 98.3 Å². The molecule has 2 atom stereocenters. The number of carboxylic acids is 1. The van der Waals surface area contributed by atoms with Gasteiger partial charge in [-0.25, -0.2) is 9.97 Å². The van der Waals surface area contributed by atoms with Crippen LogP contribution in [0.3, 0.4) is 0 Å². The van der Waals surface area contributed by atoms with Gasteiger partial charge in [0.1, 0.15) is 12.1 Å². The van der Waals surface area contributed by atoms with Gasteiger partial charge in [-0.1, -0.05) is 82.6 Å². The first kappa shape index (κ1) is 35.0. The van der Waals surface area contributed by atoms with Crippen LogP contribution in [0, 0.1) is 5.92 Å². The van der Waals surface area contributed by atoms with Gasteiger partial charge in [-0.3, -0.25) is 14.4 Å². The van der Waals surface area contributed by atoms with Gasteiger partial charge < -0.3 is 15.7 Å². The minimum atomic E-state index is -1.15. The van der Waals surface area contributed by atoms with Crippen molar-refractivity contribution in [2.45, 2.75) is 96.6 Å². The van der Waals surface area contributed by atoms with E-state index in [0.29, 0.717) is 16.6 Å². The van der Waals surface area contributed by atoms with E-state index in [4.69, 9.17) is 0 Å². The molecule has 0 radical (unpaired) electrons. The van der Waals surface area contributed by atoms with Crippen molar-refractivity contribution in [2.75, 3.05) is 0 Å². The Hall–Kier alpha value is -4.37. The van der Waals surface area contributed by atoms with E-state index in [1.807, 2.05) is 42.7 Å². The summed E-state index contributed by atoms with van der Waals surface area (Å²) in [5.41, 5.74) is 4.97. The van der Waals surface area contributed by atoms with Gasteiger partial charge >= 0.3 is 5.97 Å². The third kappa shape index (κ3) is 8.75. The second-order valence-electron chi connectivity index (χ2n) is 14.0. The SMILES string of the molecule is CCC1CCC(c2ccc(-c3cnc(-c4ccc(C[C@@H](NC(=O)c5ccc(C(C)(C)C)s5)C(=O)N[C@H](C)C(=O)O)cc4)nc3)cc2)CC1. The van der Waals surface area contributed by atoms with Crippen molar-refractivity contribution in [1.82, 2.24) is 20.6 Å². The number of hydrogen-bond acceptors (Lipinski definition) is 6. The second kappa shape index (κ2) is 15.2. The summed E-state index contributed by atoms with van der Waals surface area (Å²) in [6, 6.07) is 17.9. The van der Waals surface area contributed by atoms with Crippen LogP contribution in [-0.2, 0) is 21.4 Å². The third-order valence-corrected chi connectivity index (χ3v) is 10.9. The molecule has 0 saturated heterocycles. The van der Waals surface area contributed by atoms with Crippen LogP contribution in [0.15, 0.2) is 73.1 Å². The number of carbonyl (C=O) groups is 3. The van der Waals surface area contributed by atoms with Crippen molar-refractivity contribution in [2.24, 2.45) is 5.92 Å². The van der Waals surface area contributed by atoms with Crippen molar-refractivity contribution < 1.29 is 19.5 Å². The van der Waals surface area contributed by atoms with Crippen LogP contribution in [-0.4, -0.2) is 44.9 Å². The first-order valence-electron chi connectivity index (χ1n) is 16.9. The fraction of sp³-hybridized carbons (Fsp3) is 0.410. The Balaban J connectivity index is 1.25. The fourth-order valence-corrected chi connectivity index (χ4v) is 7.15. The van der Waals surface area contributed by atoms with Crippen LogP contribution in [0.2, 0.25) is 0 Å². The lowest BCUT2D eigenvalue weighted by atomic mass is 9.78. The van der Waals surface area contributed by atoms with Gasteiger partial charge in [0, 0.05) is 34.8 Å². The van der Waals surface area contributed by atoms with Crippen molar-refractivity contribution in [1.29, 1.82) is 0 Å². The molecule has 2 heterocycles. The fourth-order valence-electron chi connectivity index (χ4n) is 6.18. The highest BCUT2D eigenvalue weighted by molar-refractivity contribution is 7.14. The number of carboxylic acid groups (broad SMARTS) is 1. The molecule has 4 aromatic rings. The summed E-state index contributed by atoms with van der Waals surface area (Å²) < 4.78 is 0. The Morgan fingerprint density at radius 2 is 1.48 bits per heavy atom. The van der Waals surface area contributed by atoms with E-state index in [2.05, 4.69) is 72.6 Å². The zero-order valence-electron chi connectivity index (χ0n) is 28.5. The first-order chi connectivity index (χ1) is 22.9. The third-order valence-electron chi connectivity index (χ3n) is 9.36.